The second-order valence-electron chi connectivity index (χ2n) is 7.69. The molecule has 0 spiro atoms. The maximum atomic E-state index is 13.1. The van der Waals surface area contributed by atoms with E-state index in [-0.39, 0.29) is 11.6 Å². The van der Waals surface area contributed by atoms with Gasteiger partial charge in [0.05, 0.1) is 11.4 Å². The zero-order chi connectivity index (χ0) is 25.2. The van der Waals surface area contributed by atoms with Crippen molar-refractivity contribution in [3.05, 3.63) is 88.5 Å². The number of nitrogens with zero attached hydrogens (tertiary/aromatic N) is 4. The number of benzene rings is 2. The molecule has 35 heavy (non-hydrogen) atoms. The molecule has 1 amide bonds. The van der Waals surface area contributed by atoms with Crippen molar-refractivity contribution in [3.63, 3.8) is 0 Å². The van der Waals surface area contributed by atoms with Gasteiger partial charge in [-0.05, 0) is 44.2 Å². The van der Waals surface area contributed by atoms with Crippen LogP contribution in [-0.2, 0) is 11.3 Å². The number of amides is 1. The Hall–Kier alpha value is -4.41. The predicted molar refractivity (Wildman–Crippen MR) is 122 cm³/mol. The number of hydrogen-bond acceptors (Lipinski definition) is 5. The average molecular weight is 483 g/mol. The molecule has 0 atom stereocenters. The molecule has 0 unspecified atom stereocenters. The zero-order valence-electron chi connectivity index (χ0n) is 18.7. The first-order valence-electron chi connectivity index (χ1n) is 10.5. The summed E-state index contributed by atoms with van der Waals surface area (Å²) in [5.41, 5.74) is 2.35. The Labute approximate surface area is 197 Å². The molecule has 0 fully saturated rings. The summed E-state index contributed by atoms with van der Waals surface area (Å²) in [5, 5.41) is 6.96. The molecule has 0 saturated heterocycles. The van der Waals surface area contributed by atoms with Crippen molar-refractivity contribution in [2.75, 3.05) is 5.32 Å². The predicted octanol–water partition coefficient (Wildman–Crippen LogP) is 4.25. The number of ether oxygens (including phenoxy) is 1. The van der Waals surface area contributed by atoms with E-state index in [1.807, 2.05) is 36.4 Å². The Bertz CT molecular complexity index is 1410. The number of alkyl halides is 3. The van der Waals surface area contributed by atoms with Crippen LogP contribution in [-0.4, -0.2) is 31.6 Å². The summed E-state index contributed by atoms with van der Waals surface area (Å²) in [6.07, 6.45) is -4.82. The molecule has 0 aliphatic heterocycles. The highest BCUT2D eigenvalue weighted by Crippen LogP contribution is 2.24. The first kappa shape index (κ1) is 23.7. The first-order chi connectivity index (χ1) is 16.6. The van der Waals surface area contributed by atoms with Gasteiger partial charge in [-0.1, -0.05) is 30.3 Å². The molecular formula is C24H20F3N5O3. The van der Waals surface area contributed by atoms with Gasteiger partial charge in [-0.3, -0.25) is 14.2 Å². The molecule has 11 heteroatoms. The van der Waals surface area contributed by atoms with Gasteiger partial charge in [-0.25, -0.2) is 9.67 Å². The van der Waals surface area contributed by atoms with Crippen molar-refractivity contribution in [1.29, 1.82) is 0 Å². The monoisotopic (exact) mass is 483 g/mol. The topological polar surface area (TPSA) is 91.0 Å². The summed E-state index contributed by atoms with van der Waals surface area (Å²) in [5.74, 6) is -0.834. The third kappa shape index (κ3) is 5.75. The number of rotatable bonds is 6. The molecule has 0 aliphatic carbocycles. The third-order valence-corrected chi connectivity index (χ3v) is 4.93. The maximum Gasteiger partial charge on any atom is 0.573 e. The quantitative estimate of drug-likeness (QED) is 0.443. The van der Waals surface area contributed by atoms with Crippen LogP contribution in [0.3, 0.4) is 0 Å². The number of carbonyl (C=O) groups is 1. The third-order valence-electron chi connectivity index (χ3n) is 4.93. The minimum atomic E-state index is -4.82. The normalized spacial score (nSPS) is 11.3. The van der Waals surface area contributed by atoms with Crippen LogP contribution in [0.2, 0.25) is 0 Å². The van der Waals surface area contributed by atoms with Crippen LogP contribution in [0.5, 0.6) is 5.75 Å². The summed E-state index contributed by atoms with van der Waals surface area (Å²) >= 11 is 0. The number of halogens is 3. The Morgan fingerprint density at radius 3 is 2.31 bits per heavy atom. The number of anilines is 1. The van der Waals surface area contributed by atoms with Crippen LogP contribution in [0.4, 0.5) is 18.9 Å². The largest absolute Gasteiger partial charge is 0.573 e. The maximum absolute atomic E-state index is 13.1. The fourth-order valence-electron chi connectivity index (χ4n) is 3.48. The highest BCUT2D eigenvalue weighted by Gasteiger charge is 2.31. The van der Waals surface area contributed by atoms with Crippen LogP contribution in [0, 0.1) is 13.8 Å². The molecule has 0 bridgehead atoms. The van der Waals surface area contributed by atoms with E-state index in [0.29, 0.717) is 17.1 Å². The zero-order valence-corrected chi connectivity index (χ0v) is 18.7. The number of nitrogens with one attached hydrogen (secondary N) is 1. The number of carbonyl (C=O) groups excluding carboxylic acids is 1. The molecule has 2 aromatic heterocycles. The molecule has 8 nitrogen and oxygen atoms in total. The fraction of sp³-hybridized carbons (Fsp3) is 0.167. The van der Waals surface area contributed by atoms with Gasteiger partial charge < -0.3 is 10.1 Å². The van der Waals surface area contributed by atoms with Crippen LogP contribution >= 0.6 is 0 Å². The molecular weight excluding hydrogens is 463 g/mol. The van der Waals surface area contributed by atoms with Gasteiger partial charge in [0.25, 0.3) is 5.56 Å². The van der Waals surface area contributed by atoms with Crippen LogP contribution in [0.25, 0.3) is 17.2 Å². The van der Waals surface area contributed by atoms with E-state index in [9.17, 15) is 22.8 Å². The molecule has 0 aliphatic rings. The van der Waals surface area contributed by atoms with Crippen molar-refractivity contribution in [1.82, 2.24) is 19.3 Å². The van der Waals surface area contributed by atoms with Gasteiger partial charge in [-0.15, -0.1) is 13.2 Å². The molecule has 2 heterocycles. The molecule has 0 saturated carbocycles. The molecule has 0 radical (unpaired) electrons. The lowest BCUT2D eigenvalue weighted by Crippen LogP contribution is -2.31. The molecule has 2 aromatic carbocycles. The van der Waals surface area contributed by atoms with Gasteiger partial charge >= 0.3 is 6.36 Å². The minimum Gasteiger partial charge on any atom is -0.406 e. The van der Waals surface area contributed by atoms with Crippen molar-refractivity contribution in [3.8, 4) is 23.0 Å². The van der Waals surface area contributed by atoms with E-state index in [4.69, 9.17) is 0 Å². The minimum absolute atomic E-state index is 0.158. The number of hydrogen-bond donors (Lipinski definition) is 1. The molecule has 1 N–H and O–H groups in total. The summed E-state index contributed by atoms with van der Waals surface area (Å²) in [6, 6.07) is 17.0. The Morgan fingerprint density at radius 2 is 1.71 bits per heavy atom. The van der Waals surface area contributed by atoms with Crippen molar-refractivity contribution in [2.45, 2.75) is 26.8 Å². The Kier molecular flexibility index (Phi) is 6.41. The summed E-state index contributed by atoms with van der Waals surface area (Å²) in [4.78, 5) is 30.4. The van der Waals surface area contributed by atoms with Crippen molar-refractivity contribution in [2.24, 2.45) is 0 Å². The van der Waals surface area contributed by atoms with E-state index in [0.717, 1.165) is 17.7 Å². The van der Waals surface area contributed by atoms with Gasteiger partial charge in [-0.2, -0.15) is 5.10 Å². The smallest absolute Gasteiger partial charge is 0.406 e. The molecule has 4 rings (SSSR count). The summed E-state index contributed by atoms with van der Waals surface area (Å²) < 4.78 is 43.5. The highest BCUT2D eigenvalue weighted by atomic mass is 19.4. The lowest BCUT2D eigenvalue weighted by Gasteiger charge is -2.15. The van der Waals surface area contributed by atoms with E-state index >= 15 is 0 Å². The van der Waals surface area contributed by atoms with Gasteiger partial charge in [0.15, 0.2) is 0 Å². The summed E-state index contributed by atoms with van der Waals surface area (Å²) in [6.45, 7) is 3.21. The SMILES string of the molecule is Cc1cc(C)n(-c2nc(-c3ccccc3)cc(=O)n2CC(=O)Nc2ccc(OC(F)(F)F)cc2)n1. The second kappa shape index (κ2) is 9.45. The number of aromatic nitrogens is 4. The number of aryl methyl sites for hydroxylation is 2. The lowest BCUT2D eigenvalue weighted by molar-refractivity contribution is -0.274. The average Bonchev–Trinajstić information content (AvgIpc) is 3.13. The summed E-state index contributed by atoms with van der Waals surface area (Å²) in [7, 11) is 0. The molecule has 180 valence electrons. The standard InChI is InChI=1S/C24H20F3N5O3/c1-15-12-16(2)32(30-15)23-29-20(17-6-4-3-5-7-17)13-22(34)31(23)14-21(33)28-18-8-10-19(11-9-18)35-24(25,26)27/h3-13H,14H2,1-2H3,(H,28,33). The highest BCUT2D eigenvalue weighted by molar-refractivity contribution is 5.90. The van der Waals surface area contributed by atoms with Gasteiger partial charge in [0.2, 0.25) is 11.9 Å². The fourth-order valence-corrected chi connectivity index (χ4v) is 3.48. The van der Waals surface area contributed by atoms with E-state index in [2.05, 4.69) is 20.1 Å². The van der Waals surface area contributed by atoms with Crippen molar-refractivity contribution >= 4 is 11.6 Å². The van der Waals surface area contributed by atoms with Crippen LogP contribution in [0.15, 0.2) is 71.5 Å². The van der Waals surface area contributed by atoms with Gasteiger partial charge in [0.1, 0.15) is 12.3 Å². The van der Waals surface area contributed by atoms with Crippen LogP contribution in [0.1, 0.15) is 11.4 Å². The first-order valence-corrected chi connectivity index (χ1v) is 10.5. The van der Waals surface area contributed by atoms with Gasteiger partial charge in [0, 0.05) is 23.0 Å². The van der Waals surface area contributed by atoms with E-state index in [1.54, 1.807) is 13.8 Å². The molecule has 4 aromatic rings. The van der Waals surface area contributed by atoms with Crippen molar-refractivity contribution < 1.29 is 22.7 Å². The van der Waals surface area contributed by atoms with E-state index < -0.39 is 30.1 Å². The van der Waals surface area contributed by atoms with Crippen LogP contribution < -0.4 is 15.6 Å². The second-order valence-corrected chi connectivity index (χ2v) is 7.69. The Morgan fingerprint density at radius 1 is 1.03 bits per heavy atom. The van der Waals surface area contributed by atoms with E-state index in [1.165, 1.54) is 27.4 Å². The lowest BCUT2D eigenvalue weighted by atomic mass is 10.1. The Balaban J connectivity index is 1.64.